The number of benzene rings is 2. The van der Waals surface area contributed by atoms with Crippen LogP contribution in [0.2, 0.25) is 0 Å². The van der Waals surface area contributed by atoms with E-state index in [9.17, 15) is 4.79 Å². The zero-order chi connectivity index (χ0) is 17.1. The minimum atomic E-state index is -0.0104. The van der Waals surface area contributed by atoms with Crippen LogP contribution in [-0.2, 0) is 17.8 Å². The number of hydrogen-bond donors (Lipinski definition) is 0. The molecule has 0 fully saturated rings. The summed E-state index contributed by atoms with van der Waals surface area (Å²) in [6.45, 7) is 1.39. The first-order valence-electron chi connectivity index (χ1n) is 8.38. The standard InChI is InChI=1S/C20H19N3O2/c24-20(22-12-10-16-6-4-5-7-17(16)14-22)15-25-19-11-13-23(21-19)18-8-2-1-3-9-18/h1-9,11,13H,10,12,14-15H2. The second kappa shape index (κ2) is 6.81. The van der Waals surface area contributed by atoms with Crippen LogP contribution in [0.4, 0.5) is 0 Å². The molecule has 2 heterocycles. The highest BCUT2D eigenvalue weighted by Gasteiger charge is 2.20. The third-order valence-electron chi connectivity index (χ3n) is 4.41. The molecular formula is C20H19N3O2. The van der Waals surface area contributed by atoms with E-state index >= 15 is 0 Å². The van der Waals surface area contributed by atoms with E-state index in [2.05, 4.69) is 17.2 Å². The highest BCUT2D eigenvalue weighted by Crippen LogP contribution is 2.19. The van der Waals surface area contributed by atoms with Crippen LogP contribution in [0, 0.1) is 0 Å². The molecule has 0 saturated carbocycles. The van der Waals surface area contributed by atoms with Crippen LogP contribution in [0.15, 0.2) is 66.9 Å². The van der Waals surface area contributed by atoms with Crippen LogP contribution in [0.3, 0.4) is 0 Å². The van der Waals surface area contributed by atoms with Crippen molar-refractivity contribution in [2.45, 2.75) is 13.0 Å². The second-order valence-corrected chi connectivity index (χ2v) is 6.06. The van der Waals surface area contributed by atoms with E-state index in [1.807, 2.05) is 53.6 Å². The number of fused-ring (bicyclic) bond motifs is 1. The molecule has 0 saturated heterocycles. The molecule has 0 atom stereocenters. The van der Waals surface area contributed by atoms with E-state index in [1.54, 1.807) is 10.7 Å². The van der Waals surface area contributed by atoms with Crippen LogP contribution in [0.1, 0.15) is 11.1 Å². The molecule has 0 N–H and O–H groups in total. The van der Waals surface area contributed by atoms with Gasteiger partial charge in [-0.1, -0.05) is 42.5 Å². The Bertz CT molecular complexity index is 873. The molecule has 4 rings (SSSR count). The second-order valence-electron chi connectivity index (χ2n) is 6.06. The van der Waals surface area contributed by atoms with Gasteiger partial charge in [0.1, 0.15) is 0 Å². The first kappa shape index (κ1) is 15.4. The average Bonchev–Trinajstić information content (AvgIpc) is 3.15. The molecule has 0 bridgehead atoms. The number of carbonyl (C=O) groups is 1. The molecule has 5 heteroatoms. The minimum Gasteiger partial charge on any atom is -0.466 e. The molecule has 0 unspecified atom stereocenters. The van der Waals surface area contributed by atoms with Gasteiger partial charge in [0.2, 0.25) is 5.88 Å². The molecule has 2 aromatic carbocycles. The molecule has 1 aromatic heterocycles. The maximum atomic E-state index is 12.4. The molecule has 0 aliphatic carbocycles. The van der Waals surface area contributed by atoms with Crippen molar-refractivity contribution in [3.05, 3.63) is 78.0 Å². The van der Waals surface area contributed by atoms with Gasteiger partial charge in [-0.3, -0.25) is 4.79 Å². The Morgan fingerprint density at radius 1 is 1.00 bits per heavy atom. The van der Waals surface area contributed by atoms with Gasteiger partial charge in [-0.25, -0.2) is 4.68 Å². The summed E-state index contributed by atoms with van der Waals surface area (Å²) in [4.78, 5) is 14.3. The lowest BCUT2D eigenvalue weighted by Crippen LogP contribution is -2.38. The predicted octanol–water partition coefficient (Wildman–Crippen LogP) is 2.84. The number of hydrogen-bond acceptors (Lipinski definition) is 3. The van der Waals surface area contributed by atoms with Gasteiger partial charge in [-0.2, -0.15) is 0 Å². The third-order valence-corrected chi connectivity index (χ3v) is 4.41. The zero-order valence-electron chi connectivity index (χ0n) is 13.8. The first-order valence-corrected chi connectivity index (χ1v) is 8.38. The third kappa shape index (κ3) is 3.40. The topological polar surface area (TPSA) is 47.4 Å². The molecule has 0 radical (unpaired) electrons. The Morgan fingerprint density at radius 2 is 1.76 bits per heavy atom. The van der Waals surface area contributed by atoms with Gasteiger partial charge in [-0.15, -0.1) is 5.10 Å². The van der Waals surface area contributed by atoms with Crippen LogP contribution in [0.25, 0.3) is 5.69 Å². The maximum Gasteiger partial charge on any atom is 0.260 e. The lowest BCUT2D eigenvalue weighted by atomic mass is 10.00. The monoisotopic (exact) mass is 333 g/mol. The van der Waals surface area contributed by atoms with Gasteiger partial charge in [0, 0.05) is 25.4 Å². The molecule has 25 heavy (non-hydrogen) atoms. The number of para-hydroxylation sites is 1. The van der Waals surface area contributed by atoms with Gasteiger partial charge < -0.3 is 9.64 Å². The van der Waals surface area contributed by atoms with Crippen LogP contribution in [0.5, 0.6) is 5.88 Å². The van der Waals surface area contributed by atoms with Crippen LogP contribution < -0.4 is 4.74 Å². The Kier molecular flexibility index (Phi) is 4.21. The van der Waals surface area contributed by atoms with E-state index in [0.717, 1.165) is 18.7 Å². The summed E-state index contributed by atoms with van der Waals surface area (Å²) >= 11 is 0. The molecule has 126 valence electrons. The maximum absolute atomic E-state index is 12.4. The number of aromatic nitrogens is 2. The van der Waals surface area contributed by atoms with E-state index in [-0.39, 0.29) is 12.5 Å². The number of carbonyl (C=O) groups excluding carboxylic acids is 1. The summed E-state index contributed by atoms with van der Waals surface area (Å²) in [5.74, 6) is 0.443. The van der Waals surface area contributed by atoms with Gasteiger partial charge in [-0.05, 0) is 29.7 Å². The van der Waals surface area contributed by atoms with Crippen molar-refractivity contribution < 1.29 is 9.53 Å². The fraction of sp³-hybridized carbons (Fsp3) is 0.200. The summed E-state index contributed by atoms with van der Waals surface area (Å²) in [6, 6.07) is 19.8. The highest BCUT2D eigenvalue weighted by molar-refractivity contribution is 5.78. The SMILES string of the molecule is O=C(COc1ccn(-c2ccccc2)n1)N1CCc2ccccc2C1. The Morgan fingerprint density at radius 3 is 2.60 bits per heavy atom. The van der Waals surface area contributed by atoms with E-state index < -0.39 is 0 Å². The van der Waals surface area contributed by atoms with Crippen LogP contribution in [-0.4, -0.2) is 33.7 Å². The molecular weight excluding hydrogens is 314 g/mol. The normalized spacial score (nSPS) is 13.4. The van der Waals surface area contributed by atoms with Crippen molar-refractivity contribution in [1.29, 1.82) is 0 Å². The first-order chi connectivity index (χ1) is 12.3. The molecule has 0 spiro atoms. The van der Waals surface area contributed by atoms with E-state index in [1.165, 1.54) is 11.1 Å². The number of nitrogens with zero attached hydrogens (tertiary/aromatic N) is 3. The predicted molar refractivity (Wildman–Crippen MR) is 94.6 cm³/mol. The average molecular weight is 333 g/mol. The van der Waals surface area contributed by atoms with E-state index in [0.29, 0.717) is 12.4 Å². The summed E-state index contributed by atoms with van der Waals surface area (Å²) in [7, 11) is 0. The highest BCUT2D eigenvalue weighted by atomic mass is 16.5. The number of amides is 1. The number of rotatable bonds is 4. The number of ether oxygens (including phenoxy) is 1. The lowest BCUT2D eigenvalue weighted by Gasteiger charge is -2.28. The molecule has 5 nitrogen and oxygen atoms in total. The Balaban J connectivity index is 1.36. The molecule has 3 aromatic rings. The largest absolute Gasteiger partial charge is 0.466 e. The van der Waals surface area contributed by atoms with Gasteiger partial charge in [0.15, 0.2) is 6.61 Å². The van der Waals surface area contributed by atoms with Gasteiger partial charge >= 0.3 is 0 Å². The quantitative estimate of drug-likeness (QED) is 0.738. The van der Waals surface area contributed by atoms with Crippen molar-refractivity contribution in [3.63, 3.8) is 0 Å². The fourth-order valence-electron chi connectivity index (χ4n) is 3.04. The van der Waals surface area contributed by atoms with Crippen LogP contribution >= 0.6 is 0 Å². The molecule has 1 amide bonds. The van der Waals surface area contributed by atoms with Gasteiger partial charge in [0.25, 0.3) is 5.91 Å². The summed E-state index contributed by atoms with van der Waals surface area (Å²) in [5, 5.41) is 4.36. The smallest absolute Gasteiger partial charge is 0.260 e. The van der Waals surface area contributed by atoms with E-state index in [4.69, 9.17) is 4.74 Å². The summed E-state index contributed by atoms with van der Waals surface area (Å²) in [5.41, 5.74) is 3.50. The summed E-state index contributed by atoms with van der Waals surface area (Å²) < 4.78 is 7.32. The zero-order valence-corrected chi connectivity index (χ0v) is 13.8. The van der Waals surface area contributed by atoms with Crippen molar-refractivity contribution in [3.8, 4) is 11.6 Å². The van der Waals surface area contributed by atoms with Gasteiger partial charge in [0.05, 0.1) is 5.69 Å². The Hall–Kier alpha value is -3.08. The Labute approximate surface area is 146 Å². The van der Waals surface area contributed by atoms with Crippen molar-refractivity contribution in [2.75, 3.05) is 13.2 Å². The fourth-order valence-corrected chi connectivity index (χ4v) is 3.04. The molecule has 1 aliphatic rings. The summed E-state index contributed by atoms with van der Waals surface area (Å²) in [6.07, 6.45) is 2.72. The lowest BCUT2D eigenvalue weighted by molar-refractivity contribution is -0.134. The molecule has 1 aliphatic heterocycles. The van der Waals surface area contributed by atoms with Crippen molar-refractivity contribution in [2.24, 2.45) is 0 Å². The minimum absolute atomic E-state index is 0.00791. The van der Waals surface area contributed by atoms with Crippen molar-refractivity contribution >= 4 is 5.91 Å². The van der Waals surface area contributed by atoms with Crippen molar-refractivity contribution in [1.82, 2.24) is 14.7 Å².